The highest BCUT2D eigenvalue weighted by Gasteiger charge is 2.23. The lowest BCUT2D eigenvalue weighted by molar-refractivity contribution is -0.0846. The molecule has 1 atom stereocenters. The van der Waals surface area contributed by atoms with Crippen molar-refractivity contribution in [1.82, 2.24) is 4.72 Å². The minimum absolute atomic E-state index is 0.0144. The Hall–Kier alpha value is -1.06. The molecule has 0 aromatic heterocycles. The van der Waals surface area contributed by atoms with E-state index < -0.39 is 22.4 Å². The zero-order valence-corrected chi connectivity index (χ0v) is 12.5. The maximum atomic E-state index is 13.7. The molecule has 118 valence electrons. The Bertz CT molecular complexity index is 599. The average Bonchev–Trinajstić information content (AvgIpc) is 2.48. The second-order valence-electron chi connectivity index (χ2n) is 4.78. The highest BCUT2D eigenvalue weighted by molar-refractivity contribution is 7.89. The lowest BCUT2D eigenvalue weighted by Gasteiger charge is -2.23. The molecule has 2 N–H and O–H groups in total. The number of aliphatic hydroxyl groups excluding tert-OH is 1. The summed E-state index contributed by atoms with van der Waals surface area (Å²) in [5.41, 5.74) is 0.219. The van der Waals surface area contributed by atoms with Gasteiger partial charge in [-0.25, -0.2) is 17.5 Å². The zero-order chi connectivity index (χ0) is 15.5. The van der Waals surface area contributed by atoms with E-state index >= 15 is 0 Å². The SMILES string of the molecule is Cc1c(F)cc(CO)cc1S(=O)(=O)NCC1COCCO1. The van der Waals surface area contributed by atoms with Gasteiger partial charge in [-0.3, -0.25) is 0 Å². The third kappa shape index (κ3) is 3.98. The molecule has 0 spiro atoms. The Morgan fingerprint density at radius 2 is 2.19 bits per heavy atom. The standard InChI is InChI=1S/C13H18FNO5S/c1-9-12(14)4-10(7-16)5-13(9)21(17,18)15-6-11-8-19-2-3-20-11/h4-5,11,15-16H,2-3,6-8H2,1H3. The minimum Gasteiger partial charge on any atom is -0.392 e. The van der Waals surface area contributed by atoms with Crippen LogP contribution in [0.15, 0.2) is 17.0 Å². The van der Waals surface area contributed by atoms with E-state index in [2.05, 4.69) is 4.72 Å². The molecule has 1 heterocycles. The van der Waals surface area contributed by atoms with Crippen molar-refractivity contribution in [1.29, 1.82) is 0 Å². The molecule has 1 saturated heterocycles. The first-order valence-electron chi connectivity index (χ1n) is 6.53. The van der Waals surface area contributed by atoms with Gasteiger partial charge in [0.2, 0.25) is 10.0 Å². The van der Waals surface area contributed by atoms with Gasteiger partial charge in [0.15, 0.2) is 0 Å². The molecule has 1 aromatic carbocycles. The van der Waals surface area contributed by atoms with Gasteiger partial charge < -0.3 is 14.6 Å². The van der Waals surface area contributed by atoms with Crippen LogP contribution in [0.5, 0.6) is 0 Å². The largest absolute Gasteiger partial charge is 0.392 e. The lowest BCUT2D eigenvalue weighted by Crippen LogP contribution is -2.39. The first-order chi connectivity index (χ1) is 9.94. The molecule has 2 rings (SSSR count). The first kappa shape index (κ1) is 16.3. The molecule has 6 nitrogen and oxygen atoms in total. The second-order valence-corrected chi connectivity index (χ2v) is 6.51. The highest BCUT2D eigenvalue weighted by Crippen LogP contribution is 2.20. The third-order valence-electron chi connectivity index (χ3n) is 3.21. The Morgan fingerprint density at radius 1 is 1.43 bits per heavy atom. The molecule has 1 fully saturated rings. The lowest BCUT2D eigenvalue weighted by atomic mass is 10.1. The van der Waals surface area contributed by atoms with E-state index in [1.54, 1.807) is 0 Å². The smallest absolute Gasteiger partial charge is 0.241 e. The van der Waals surface area contributed by atoms with Crippen LogP contribution in [0.25, 0.3) is 0 Å². The molecule has 0 radical (unpaired) electrons. The molecule has 1 aliphatic heterocycles. The van der Waals surface area contributed by atoms with E-state index in [1.807, 2.05) is 0 Å². The van der Waals surface area contributed by atoms with Crippen LogP contribution in [-0.4, -0.2) is 46.0 Å². The molecule has 0 saturated carbocycles. The van der Waals surface area contributed by atoms with Crippen LogP contribution in [0, 0.1) is 12.7 Å². The predicted octanol–water partition coefficient (Wildman–Crippen LogP) is 0.320. The predicted molar refractivity (Wildman–Crippen MR) is 72.8 cm³/mol. The molecule has 1 aromatic rings. The van der Waals surface area contributed by atoms with Crippen molar-refractivity contribution in [3.63, 3.8) is 0 Å². The van der Waals surface area contributed by atoms with E-state index in [-0.39, 0.29) is 28.7 Å². The number of benzene rings is 1. The van der Waals surface area contributed by atoms with Crippen LogP contribution < -0.4 is 4.72 Å². The highest BCUT2D eigenvalue weighted by atomic mass is 32.2. The van der Waals surface area contributed by atoms with Crippen LogP contribution in [0.4, 0.5) is 4.39 Å². The van der Waals surface area contributed by atoms with Crippen LogP contribution >= 0.6 is 0 Å². The van der Waals surface area contributed by atoms with Crippen molar-refractivity contribution in [2.75, 3.05) is 26.4 Å². The topological polar surface area (TPSA) is 84.9 Å². The van der Waals surface area contributed by atoms with Gasteiger partial charge in [-0.2, -0.15) is 0 Å². The van der Waals surface area contributed by atoms with Gasteiger partial charge in [0.25, 0.3) is 0 Å². The third-order valence-corrected chi connectivity index (χ3v) is 4.76. The van der Waals surface area contributed by atoms with E-state index in [0.717, 1.165) is 6.07 Å². The maximum absolute atomic E-state index is 13.7. The van der Waals surface area contributed by atoms with Crippen molar-refractivity contribution in [2.45, 2.75) is 24.5 Å². The van der Waals surface area contributed by atoms with Gasteiger partial charge in [0, 0.05) is 12.1 Å². The normalized spacial score (nSPS) is 19.7. The summed E-state index contributed by atoms with van der Waals surface area (Å²) in [7, 11) is -3.88. The van der Waals surface area contributed by atoms with E-state index in [0.29, 0.717) is 19.8 Å². The molecule has 21 heavy (non-hydrogen) atoms. The fraction of sp³-hybridized carbons (Fsp3) is 0.538. The second kappa shape index (κ2) is 6.80. The Kier molecular flexibility index (Phi) is 5.28. The fourth-order valence-electron chi connectivity index (χ4n) is 2.01. The summed E-state index contributed by atoms with van der Waals surface area (Å²) >= 11 is 0. The monoisotopic (exact) mass is 319 g/mol. The number of rotatable bonds is 5. The summed E-state index contributed by atoms with van der Waals surface area (Å²) in [5.74, 6) is -0.667. The molecule has 0 aliphatic carbocycles. The van der Waals surface area contributed by atoms with Crippen molar-refractivity contribution in [3.8, 4) is 0 Å². The van der Waals surface area contributed by atoms with E-state index in [1.165, 1.54) is 13.0 Å². The van der Waals surface area contributed by atoms with Gasteiger partial charge in [-0.1, -0.05) is 0 Å². The summed E-state index contributed by atoms with van der Waals surface area (Å²) < 4.78 is 51.1. The van der Waals surface area contributed by atoms with Crippen LogP contribution in [0.2, 0.25) is 0 Å². The van der Waals surface area contributed by atoms with Gasteiger partial charge >= 0.3 is 0 Å². The minimum atomic E-state index is -3.88. The zero-order valence-electron chi connectivity index (χ0n) is 11.6. The van der Waals surface area contributed by atoms with Gasteiger partial charge in [-0.05, 0) is 24.6 Å². The maximum Gasteiger partial charge on any atom is 0.241 e. The first-order valence-corrected chi connectivity index (χ1v) is 8.01. The number of hydrogen-bond donors (Lipinski definition) is 2. The van der Waals surface area contributed by atoms with Gasteiger partial charge in [0.1, 0.15) is 5.82 Å². The Balaban J connectivity index is 2.16. The Labute approximate surface area is 122 Å². The van der Waals surface area contributed by atoms with Gasteiger partial charge in [0.05, 0.1) is 37.4 Å². The number of aliphatic hydroxyl groups is 1. The molecule has 0 amide bonds. The van der Waals surface area contributed by atoms with Crippen LogP contribution in [0.1, 0.15) is 11.1 Å². The quantitative estimate of drug-likeness (QED) is 0.816. The van der Waals surface area contributed by atoms with Crippen molar-refractivity contribution >= 4 is 10.0 Å². The number of halogens is 1. The summed E-state index contributed by atoms with van der Waals surface area (Å²) in [5, 5.41) is 9.06. The number of hydrogen-bond acceptors (Lipinski definition) is 5. The summed E-state index contributed by atoms with van der Waals surface area (Å²) in [6.45, 7) is 2.22. The molecule has 8 heteroatoms. The Morgan fingerprint density at radius 3 is 2.81 bits per heavy atom. The summed E-state index contributed by atoms with van der Waals surface area (Å²) in [4.78, 5) is -0.178. The molecule has 1 aliphatic rings. The average molecular weight is 319 g/mol. The number of sulfonamides is 1. The molecular weight excluding hydrogens is 301 g/mol. The molecular formula is C13H18FNO5S. The number of nitrogens with one attached hydrogen (secondary N) is 1. The van der Waals surface area contributed by atoms with Crippen molar-refractivity contribution in [3.05, 3.63) is 29.1 Å². The van der Waals surface area contributed by atoms with Gasteiger partial charge in [-0.15, -0.1) is 0 Å². The number of ether oxygens (including phenoxy) is 2. The fourth-order valence-corrected chi connectivity index (χ4v) is 3.38. The van der Waals surface area contributed by atoms with Crippen LogP contribution in [0.3, 0.4) is 0 Å². The molecule has 1 unspecified atom stereocenters. The van der Waals surface area contributed by atoms with E-state index in [4.69, 9.17) is 14.6 Å². The van der Waals surface area contributed by atoms with Crippen molar-refractivity contribution in [2.24, 2.45) is 0 Å². The van der Waals surface area contributed by atoms with Crippen LogP contribution in [-0.2, 0) is 26.1 Å². The summed E-state index contributed by atoms with van der Waals surface area (Å²) in [6.07, 6.45) is -0.361. The van der Waals surface area contributed by atoms with Crippen molar-refractivity contribution < 1.29 is 27.4 Å². The van der Waals surface area contributed by atoms with E-state index in [9.17, 15) is 12.8 Å². The molecule has 0 bridgehead atoms. The summed E-state index contributed by atoms with van der Waals surface area (Å²) in [6, 6.07) is 2.38.